The standard InChI is InChI=1S/C18H18N2O3/c1-3-5-13-6-4-7-15(17(13)21)12-19-20-18(22)14-8-10-16(23-2)11-9-14/h3-4,6-12,21H,1,5H2,2H3,(H,20,22)/b19-12-. The molecule has 2 N–H and O–H groups in total. The van der Waals surface area contributed by atoms with Crippen LogP contribution in [-0.2, 0) is 6.42 Å². The fraction of sp³-hybridized carbons (Fsp3) is 0.111. The fourth-order valence-corrected chi connectivity index (χ4v) is 2.00. The molecule has 0 spiro atoms. The summed E-state index contributed by atoms with van der Waals surface area (Å²) < 4.78 is 5.04. The number of para-hydroxylation sites is 1. The Labute approximate surface area is 134 Å². The summed E-state index contributed by atoms with van der Waals surface area (Å²) in [7, 11) is 1.56. The molecular formula is C18H18N2O3. The Balaban J connectivity index is 2.04. The third kappa shape index (κ3) is 4.20. The van der Waals surface area contributed by atoms with Gasteiger partial charge in [0.1, 0.15) is 11.5 Å². The minimum Gasteiger partial charge on any atom is -0.507 e. The lowest BCUT2D eigenvalue weighted by atomic mass is 10.1. The van der Waals surface area contributed by atoms with Crippen molar-refractivity contribution in [3.8, 4) is 11.5 Å². The molecule has 0 fully saturated rings. The van der Waals surface area contributed by atoms with Crippen molar-refractivity contribution in [2.75, 3.05) is 7.11 Å². The van der Waals surface area contributed by atoms with Crippen molar-refractivity contribution in [2.24, 2.45) is 5.10 Å². The number of hydrogen-bond acceptors (Lipinski definition) is 4. The summed E-state index contributed by atoms with van der Waals surface area (Å²) in [6.45, 7) is 3.65. The zero-order valence-electron chi connectivity index (χ0n) is 12.8. The number of methoxy groups -OCH3 is 1. The van der Waals surface area contributed by atoms with Crippen LogP contribution in [0.25, 0.3) is 0 Å². The number of carbonyl (C=O) groups is 1. The molecule has 0 heterocycles. The first-order valence-electron chi connectivity index (χ1n) is 7.05. The highest BCUT2D eigenvalue weighted by atomic mass is 16.5. The van der Waals surface area contributed by atoms with Gasteiger partial charge in [0, 0.05) is 11.1 Å². The van der Waals surface area contributed by atoms with Crippen molar-refractivity contribution in [1.82, 2.24) is 5.43 Å². The normalized spacial score (nSPS) is 10.5. The number of phenols is 1. The lowest BCUT2D eigenvalue weighted by Gasteiger charge is -2.05. The first-order valence-corrected chi connectivity index (χ1v) is 7.05. The number of nitrogens with one attached hydrogen (secondary N) is 1. The van der Waals surface area contributed by atoms with Gasteiger partial charge in [0.2, 0.25) is 0 Å². The quantitative estimate of drug-likeness (QED) is 0.489. The van der Waals surface area contributed by atoms with Crippen molar-refractivity contribution in [2.45, 2.75) is 6.42 Å². The monoisotopic (exact) mass is 310 g/mol. The van der Waals surface area contributed by atoms with E-state index in [1.807, 2.05) is 12.1 Å². The Morgan fingerprint density at radius 3 is 2.70 bits per heavy atom. The van der Waals surface area contributed by atoms with Gasteiger partial charge in [-0.3, -0.25) is 4.79 Å². The maximum Gasteiger partial charge on any atom is 0.271 e. The molecule has 118 valence electrons. The van der Waals surface area contributed by atoms with E-state index in [4.69, 9.17) is 4.74 Å². The largest absolute Gasteiger partial charge is 0.507 e. The molecule has 0 atom stereocenters. The summed E-state index contributed by atoms with van der Waals surface area (Å²) in [6.07, 6.45) is 3.68. The summed E-state index contributed by atoms with van der Waals surface area (Å²) >= 11 is 0. The average Bonchev–Trinajstić information content (AvgIpc) is 2.58. The van der Waals surface area contributed by atoms with Gasteiger partial charge in [-0.15, -0.1) is 6.58 Å². The maximum absolute atomic E-state index is 11.9. The third-order valence-corrected chi connectivity index (χ3v) is 3.24. The van der Waals surface area contributed by atoms with Crippen molar-refractivity contribution in [1.29, 1.82) is 0 Å². The maximum atomic E-state index is 11.9. The number of aromatic hydroxyl groups is 1. The number of nitrogens with zero attached hydrogens (tertiary/aromatic N) is 1. The highest BCUT2D eigenvalue weighted by molar-refractivity contribution is 5.95. The van der Waals surface area contributed by atoms with Crippen molar-refractivity contribution >= 4 is 12.1 Å². The molecule has 2 aromatic rings. The average molecular weight is 310 g/mol. The van der Waals surface area contributed by atoms with E-state index in [-0.39, 0.29) is 11.7 Å². The molecule has 5 nitrogen and oxygen atoms in total. The summed E-state index contributed by atoms with van der Waals surface area (Å²) in [4.78, 5) is 11.9. The van der Waals surface area contributed by atoms with Crippen LogP contribution in [0.1, 0.15) is 21.5 Å². The van der Waals surface area contributed by atoms with Crippen molar-refractivity contribution in [3.05, 3.63) is 71.8 Å². The highest BCUT2D eigenvalue weighted by Gasteiger charge is 2.06. The first-order chi connectivity index (χ1) is 11.2. The number of carbonyl (C=O) groups excluding carboxylic acids is 1. The predicted molar refractivity (Wildman–Crippen MR) is 90.1 cm³/mol. The summed E-state index contributed by atoms with van der Waals surface area (Å²) in [5.41, 5.74) is 4.17. The van der Waals surface area contributed by atoms with E-state index in [0.717, 1.165) is 5.56 Å². The molecule has 0 unspecified atom stereocenters. The Bertz CT molecular complexity index is 722. The second-order valence-corrected chi connectivity index (χ2v) is 4.78. The molecule has 0 aliphatic carbocycles. The second kappa shape index (κ2) is 7.79. The number of allylic oxidation sites excluding steroid dienone is 1. The third-order valence-electron chi connectivity index (χ3n) is 3.24. The van der Waals surface area contributed by atoms with Gasteiger partial charge in [-0.05, 0) is 42.3 Å². The molecule has 1 amide bonds. The Kier molecular flexibility index (Phi) is 5.52. The molecule has 0 aliphatic rings. The van der Waals surface area contributed by atoms with Crippen molar-refractivity contribution < 1.29 is 14.6 Å². The van der Waals surface area contributed by atoms with Crippen LogP contribution in [0.2, 0.25) is 0 Å². The second-order valence-electron chi connectivity index (χ2n) is 4.78. The van der Waals surface area contributed by atoms with Crippen LogP contribution in [0.4, 0.5) is 0 Å². The molecule has 2 rings (SSSR count). The lowest BCUT2D eigenvalue weighted by molar-refractivity contribution is 0.0955. The van der Waals surface area contributed by atoms with Crippen molar-refractivity contribution in [3.63, 3.8) is 0 Å². The highest BCUT2D eigenvalue weighted by Crippen LogP contribution is 2.21. The van der Waals surface area contributed by atoms with E-state index < -0.39 is 0 Å². The van der Waals surface area contributed by atoms with Crippen LogP contribution in [-0.4, -0.2) is 24.3 Å². The zero-order valence-corrected chi connectivity index (χ0v) is 12.8. The number of hydrogen-bond donors (Lipinski definition) is 2. The molecule has 0 radical (unpaired) electrons. The topological polar surface area (TPSA) is 70.9 Å². The van der Waals surface area contributed by atoms with Gasteiger partial charge in [0.15, 0.2) is 0 Å². The van der Waals surface area contributed by atoms with Crippen LogP contribution >= 0.6 is 0 Å². The summed E-state index contributed by atoms with van der Waals surface area (Å²) in [5.74, 6) is 0.467. The van der Waals surface area contributed by atoms with Gasteiger partial charge in [0.25, 0.3) is 5.91 Å². The first kappa shape index (κ1) is 16.3. The summed E-state index contributed by atoms with van der Waals surface area (Å²) in [5, 5.41) is 14.0. The number of phenolic OH excluding ortho intramolecular Hbond substituents is 1. The number of hydrazone groups is 1. The summed E-state index contributed by atoms with van der Waals surface area (Å²) in [6, 6.07) is 12.0. The van der Waals surface area contributed by atoms with E-state index >= 15 is 0 Å². The molecule has 0 saturated heterocycles. The van der Waals surface area contributed by atoms with Gasteiger partial charge in [-0.25, -0.2) is 5.43 Å². The van der Waals surface area contributed by atoms with Gasteiger partial charge >= 0.3 is 0 Å². The number of amides is 1. The molecule has 5 heteroatoms. The number of rotatable bonds is 6. The van der Waals surface area contributed by atoms with Crippen LogP contribution in [0.3, 0.4) is 0 Å². The number of ether oxygens (including phenoxy) is 1. The minimum atomic E-state index is -0.342. The molecule has 0 aromatic heterocycles. The van der Waals surface area contributed by atoms with E-state index in [0.29, 0.717) is 23.3 Å². The molecule has 0 aliphatic heterocycles. The van der Waals surface area contributed by atoms with Gasteiger partial charge in [-0.1, -0.05) is 18.2 Å². The predicted octanol–water partition coefficient (Wildman–Crippen LogP) is 2.89. The van der Waals surface area contributed by atoms with E-state index in [1.54, 1.807) is 43.5 Å². The van der Waals surface area contributed by atoms with E-state index in [2.05, 4.69) is 17.1 Å². The Morgan fingerprint density at radius 2 is 2.04 bits per heavy atom. The molecule has 0 saturated carbocycles. The van der Waals surface area contributed by atoms with E-state index in [1.165, 1.54) is 6.21 Å². The van der Waals surface area contributed by atoms with Gasteiger partial charge in [0.05, 0.1) is 13.3 Å². The van der Waals surface area contributed by atoms with E-state index in [9.17, 15) is 9.90 Å². The smallest absolute Gasteiger partial charge is 0.271 e. The Hall–Kier alpha value is -3.08. The molecular weight excluding hydrogens is 292 g/mol. The van der Waals surface area contributed by atoms with Crippen LogP contribution < -0.4 is 10.2 Å². The van der Waals surface area contributed by atoms with Gasteiger partial charge in [-0.2, -0.15) is 5.10 Å². The van der Waals surface area contributed by atoms with Gasteiger partial charge < -0.3 is 9.84 Å². The number of benzene rings is 2. The molecule has 2 aromatic carbocycles. The Morgan fingerprint density at radius 1 is 1.30 bits per heavy atom. The zero-order chi connectivity index (χ0) is 16.7. The minimum absolute atomic E-state index is 0.134. The van der Waals surface area contributed by atoms with Crippen LogP contribution in [0, 0.1) is 0 Å². The SMILES string of the molecule is C=CCc1cccc(/C=N\NC(=O)c2ccc(OC)cc2)c1O. The van der Waals surface area contributed by atoms with Crippen LogP contribution in [0.15, 0.2) is 60.2 Å². The lowest BCUT2D eigenvalue weighted by Crippen LogP contribution is -2.17. The molecule has 0 bridgehead atoms. The molecule has 23 heavy (non-hydrogen) atoms. The van der Waals surface area contributed by atoms with Crippen LogP contribution in [0.5, 0.6) is 11.5 Å². The fourth-order valence-electron chi connectivity index (χ4n) is 2.00.